The van der Waals surface area contributed by atoms with Crippen LogP contribution in [0.5, 0.6) is 5.75 Å². The molecule has 0 atom stereocenters. The van der Waals surface area contributed by atoms with Gasteiger partial charge in [0, 0.05) is 34.8 Å². The Kier molecular flexibility index (Phi) is 6.86. The Balaban J connectivity index is 1.44. The molecule has 5 aromatic carbocycles. The van der Waals surface area contributed by atoms with E-state index < -0.39 is 5.97 Å². The average Bonchev–Trinajstić information content (AvgIpc) is 3.34. The van der Waals surface area contributed by atoms with Crippen LogP contribution < -0.4 is 4.74 Å². The molecule has 40 heavy (non-hydrogen) atoms. The second-order valence-corrected chi connectivity index (χ2v) is 9.82. The molecule has 0 aliphatic heterocycles. The van der Waals surface area contributed by atoms with Crippen molar-refractivity contribution in [2.24, 2.45) is 0 Å². The molecule has 0 fully saturated rings. The smallest absolute Gasteiger partial charge is 0.307 e. The van der Waals surface area contributed by atoms with E-state index >= 15 is 0 Å². The molecule has 1 N–H and O–H groups in total. The largest absolute Gasteiger partial charge is 0.489 e. The van der Waals surface area contributed by atoms with Crippen LogP contribution in [0.1, 0.15) is 32.6 Å². The molecule has 0 bridgehead atoms. The molecule has 1 aromatic heterocycles. The average molecular weight is 526 g/mol. The number of carbonyl (C=O) groups is 2. The first-order valence-electron chi connectivity index (χ1n) is 13.2. The molecular weight excluding hydrogens is 498 g/mol. The number of ketones is 1. The molecule has 6 aromatic rings. The number of rotatable bonds is 9. The number of aliphatic carboxylic acids is 1. The zero-order valence-corrected chi connectivity index (χ0v) is 21.8. The maximum absolute atomic E-state index is 14.1. The van der Waals surface area contributed by atoms with Crippen LogP contribution in [0.4, 0.5) is 0 Å². The lowest BCUT2D eigenvalue weighted by molar-refractivity contribution is -0.136. The first-order chi connectivity index (χ1) is 19.6. The first-order valence-corrected chi connectivity index (χ1v) is 13.2. The van der Waals surface area contributed by atoms with Gasteiger partial charge in [-0.2, -0.15) is 0 Å². The SMILES string of the molecule is O=C(O)Cc1ccccc1Cn1cc(C(=O)c2cccc3ccccc23)c2cc(OCc3ccccc3)ccc21. The van der Waals surface area contributed by atoms with E-state index in [0.29, 0.717) is 30.0 Å². The number of benzene rings is 5. The number of aromatic nitrogens is 1. The highest BCUT2D eigenvalue weighted by Crippen LogP contribution is 2.31. The van der Waals surface area contributed by atoms with E-state index in [9.17, 15) is 14.7 Å². The number of carbonyl (C=O) groups excluding carboxylic acids is 1. The van der Waals surface area contributed by atoms with Gasteiger partial charge in [-0.25, -0.2) is 0 Å². The van der Waals surface area contributed by atoms with Crippen LogP contribution in [-0.4, -0.2) is 21.4 Å². The summed E-state index contributed by atoms with van der Waals surface area (Å²) in [6, 6.07) is 37.0. The van der Waals surface area contributed by atoms with Gasteiger partial charge in [0.05, 0.1) is 6.42 Å². The number of carboxylic acid groups (broad SMARTS) is 1. The molecule has 5 nitrogen and oxygen atoms in total. The van der Waals surface area contributed by atoms with Crippen molar-refractivity contribution in [3.63, 3.8) is 0 Å². The third-order valence-corrected chi connectivity index (χ3v) is 7.18. The van der Waals surface area contributed by atoms with Crippen molar-refractivity contribution in [1.29, 1.82) is 0 Å². The molecule has 0 aliphatic carbocycles. The maximum atomic E-state index is 14.1. The number of nitrogens with zero attached hydrogens (tertiary/aromatic N) is 1. The first kappa shape index (κ1) is 25.1. The van der Waals surface area contributed by atoms with Crippen molar-refractivity contribution in [1.82, 2.24) is 4.57 Å². The summed E-state index contributed by atoms with van der Waals surface area (Å²) in [5.74, 6) is -0.274. The zero-order valence-electron chi connectivity index (χ0n) is 21.8. The lowest BCUT2D eigenvalue weighted by atomic mass is 9.97. The molecule has 6 rings (SSSR count). The van der Waals surface area contributed by atoms with Crippen molar-refractivity contribution in [3.8, 4) is 5.75 Å². The molecule has 0 aliphatic rings. The molecule has 1 heterocycles. The summed E-state index contributed by atoms with van der Waals surface area (Å²) >= 11 is 0. The molecule has 0 unspecified atom stereocenters. The van der Waals surface area contributed by atoms with Gasteiger partial charge in [-0.3, -0.25) is 9.59 Å². The summed E-state index contributed by atoms with van der Waals surface area (Å²) in [7, 11) is 0. The fraction of sp³-hybridized carbons (Fsp3) is 0.0857. The normalized spacial score (nSPS) is 11.1. The van der Waals surface area contributed by atoms with Crippen molar-refractivity contribution >= 4 is 33.4 Å². The van der Waals surface area contributed by atoms with Gasteiger partial charge in [0.1, 0.15) is 12.4 Å². The lowest BCUT2D eigenvalue weighted by Gasteiger charge is -2.11. The Morgan fingerprint density at radius 1 is 0.700 bits per heavy atom. The minimum absolute atomic E-state index is 0.0609. The third kappa shape index (κ3) is 5.09. The summed E-state index contributed by atoms with van der Waals surface area (Å²) in [6.45, 7) is 0.856. The van der Waals surface area contributed by atoms with Crippen molar-refractivity contribution < 1.29 is 19.4 Å². The maximum Gasteiger partial charge on any atom is 0.307 e. The Morgan fingerprint density at radius 3 is 2.25 bits per heavy atom. The van der Waals surface area contributed by atoms with E-state index in [1.165, 1.54) is 0 Å². The second-order valence-electron chi connectivity index (χ2n) is 9.82. The highest BCUT2D eigenvalue weighted by molar-refractivity contribution is 6.21. The summed E-state index contributed by atoms with van der Waals surface area (Å²) in [6.07, 6.45) is 1.82. The van der Waals surface area contributed by atoms with Gasteiger partial charge in [0.15, 0.2) is 5.78 Å². The third-order valence-electron chi connectivity index (χ3n) is 7.18. The van der Waals surface area contributed by atoms with Gasteiger partial charge in [-0.05, 0) is 45.7 Å². The van der Waals surface area contributed by atoms with Crippen LogP contribution in [-0.2, 0) is 24.4 Å². The fourth-order valence-corrected chi connectivity index (χ4v) is 5.22. The van der Waals surface area contributed by atoms with E-state index in [2.05, 4.69) is 0 Å². The van der Waals surface area contributed by atoms with Crippen molar-refractivity contribution in [3.05, 3.63) is 149 Å². The van der Waals surface area contributed by atoms with Gasteiger partial charge >= 0.3 is 5.97 Å². The van der Waals surface area contributed by atoms with E-state index in [-0.39, 0.29) is 12.2 Å². The van der Waals surface area contributed by atoms with E-state index in [1.807, 2.05) is 126 Å². The standard InChI is InChI=1S/C35H27NO4/c37-34(38)19-26-12-4-5-13-27(26)21-36-22-32(35(39)30-16-8-14-25-11-6-7-15-29(25)30)31-20-28(17-18-33(31)36)40-23-24-9-2-1-3-10-24/h1-18,20,22H,19,21,23H2,(H,37,38). The molecular formula is C35H27NO4. The van der Waals surface area contributed by atoms with Crippen molar-refractivity contribution in [2.75, 3.05) is 0 Å². The predicted octanol–water partition coefficient (Wildman–Crippen LogP) is 7.28. The summed E-state index contributed by atoms with van der Waals surface area (Å²) in [5.41, 5.74) is 4.80. The second kappa shape index (κ2) is 10.9. The lowest BCUT2D eigenvalue weighted by Crippen LogP contribution is -2.07. The highest BCUT2D eigenvalue weighted by Gasteiger charge is 2.20. The predicted molar refractivity (Wildman–Crippen MR) is 157 cm³/mol. The minimum Gasteiger partial charge on any atom is -0.489 e. The summed E-state index contributed by atoms with van der Waals surface area (Å²) < 4.78 is 8.14. The number of carboxylic acids is 1. The van der Waals surface area contributed by atoms with Crippen LogP contribution in [0.25, 0.3) is 21.7 Å². The van der Waals surface area contributed by atoms with Gasteiger partial charge < -0.3 is 14.4 Å². The molecule has 0 saturated carbocycles. The molecule has 0 spiro atoms. The number of ether oxygens (including phenoxy) is 1. The van der Waals surface area contributed by atoms with Gasteiger partial charge in [0.2, 0.25) is 0 Å². The van der Waals surface area contributed by atoms with E-state index in [0.717, 1.165) is 38.4 Å². The fourth-order valence-electron chi connectivity index (χ4n) is 5.22. The Labute approximate surface area is 231 Å². The van der Waals surface area contributed by atoms with Crippen LogP contribution in [0.3, 0.4) is 0 Å². The molecule has 5 heteroatoms. The number of hydrogen-bond acceptors (Lipinski definition) is 3. The van der Waals surface area contributed by atoms with Crippen LogP contribution in [0, 0.1) is 0 Å². The monoisotopic (exact) mass is 525 g/mol. The quantitative estimate of drug-likeness (QED) is 0.201. The Hall–Kier alpha value is -5.16. The van der Waals surface area contributed by atoms with Gasteiger partial charge in [0.25, 0.3) is 0 Å². The number of fused-ring (bicyclic) bond motifs is 2. The zero-order chi connectivity index (χ0) is 27.5. The molecule has 0 amide bonds. The Morgan fingerprint density at radius 2 is 1.43 bits per heavy atom. The van der Waals surface area contributed by atoms with Gasteiger partial charge in [-0.15, -0.1) is 0 Å². The van der Waals surface area contributed by atoms with Crippen LogP contribution in [0.15, 0.2) is 121 Å². The van der Waals surface area contributed by atoms with Gasteiger partial charge in [-0.1, -0.05) is 97.1 Å². The Bertz CT molecular complexity index is 1850. The van der Waals surface area contributed by atoms with E-state index in [4.69, 9.17) is 4.74 Å². The number of hydrogen-bond donors (Lipinski definition) is 1. The molecule has 196 valence electrons. The molecule has 0 saturated heterocycles. The van der Waals surface area contributed by atoms with E-state index in [1.54, 1.807) is 0 Å². The minimum atomic E-state index is -0.878. The molecule has 0 radical (unpaired) electrons. The highest BCUT2D eigenvalue weighted by atomic mass is 16.5. The van der Waals surface area contributed by atoms with Crippen molar-refractivity contribution in [2.45, 2.75) is 19.6 Å². The summed E-state index contributed by atoms with van der Waals surface area (Å²) in [4.78, 5) is 25.6. The van der Waals surface area contributed by atoms with Crippen LogP contribution >= 0.6 is 0 Å². The van der Waals surface area contributed by atoms with Crippen LogP contribution in [0.2, 0.25) is 0 Å². The topological polar surface area (TPSA) is 68.5 Å². The summed E-state index contributed by atoms with van der Waals surface area (Å²) in [5, 5.41) is 12.1.